The largest absolute Gasteiger partial charge is 0.331 e. The zero-order chi connectivity index (χ0) is 11.7. The van der Waals surface area contributed by atoms with E-state index in [0.717, 1.165) is 4.47 Å². The molecule has 0 aliphatic rings. The molecule has 0 aliphatic carbocycles. The average Bonchev–Trinajstić information content (AvgIpc) is 2.67. The third-order valence-corrected chi connectivity index (χ3v) is 3.02. The predicted octanol–water partition coefficient (Wildman–Crippen LogP) is 3.07. The zero-order valence-corrected chi connectivity index (χ0v) is 10.8. The van der Waals surface area contributed by atoms with Crippen molar-refractivity contribution in [1.29, 1.82) is 0 Å². The van der Waals surface area contributed by atoms with E-state index >= 15 is 0 Å². The molecule has 0 atom stereocenters. The fourth-order valence-corrected chi connectivity index (χ4v) is 1.94. The van der Waals surface area contributed by atoms with Crippen LogP contribution in [-0.2, 0) is 7.05 Å². The van der Waals surface area contributed by atoms with Crippen LogP contribution in [0.2, 0.25) is 5.02 Å². The van der Waals surface area contributed by atoms with Gasteiger partial charge in [-0.15, -0.1) is 0 Å². The number of imidazole rings is 1. The van der Waals surface area contributed by atoms with Gasteiger partial charge in [0.2, 0.25) is 5.78 Å². The molecule has 5 heteroatoms. The van der Waals surface area contributed by atoms with E-state index in [9.17, 15) is 4.79 Å². The molecule has 0 unspecified atom stereocenters. The first-order chi connectivity index (χ1) is 7.59. The number of halogens is 2. The highest BCUT2D eigenvalue weighted by Gasteiger charge is 2.16. The third-order valence-electron chi connectivity index (χ3n) is 2.20. The minimum atomic E-state index is -0.182. The highest BCUT2D eigenvalue weighted by Crippen LogP contribution is 2.23. The van der Waals surface area contributed by atoms with E-state index < -0.39 is 0 Å². The molecule has 0 saturated heterocycles. The number of ketones is 1. The molecule has 2 aromatic rings. The smallest absolute Gasteiger partial charge is 0.229 e. The third kappa shape index (κ3) is 2.03. The van der Waals surface area contributed by atoms with Crippen LogP contribution in [0.4, 0.5) is 0 Å². The van der Waals surface area contributed by atoms with Gasteiger partial charge in [0.1, 0.15) is 0 Å². The normalized spacial score (nSPS) is 10.4. The van der Waals surface area contributed by atoms with Crippen LogP contribution in [0.3, 0.4) is 0 Å². The Balaban J connectivity index is 2.49. The van der Waals surface area contributed by atoms with E-state index in [-0.39, 0.29) is 5.78 Å². The maximum atomic E-state index is 12.1. The molecule has 0 fully saturated rings. The number of hydrogen-bond donors (Lipinski definition) is 0. The molecule has 0 spiro atoms. The van der Waals surface area contributed by atoms with E-state index in [1.165, 1.54) is 0 Å². The van der Waals surface area contributed by atoms with Crippen molar-refractivity contribution in [2.24, 2.45) is 7.05 Å². The standard InChI is InChI=1S/C11H8BrClN2O/c1-15-5-4-14-11(15)10(16)8-6-7(12)2-3-9(8)13/h2-6H,1H3. The summed E-state index contributed by atoms with van der Waals surface area (Å²) in [6.07, 6.45) is 3.30. The zero-order valence-electron chi connectivity index (χ0n) is 8.45. The van der Waals surface area contributed by atoms with Gasteiger partial charge in [0.25, 0.3) is 0 Å². The Morgan fingerprint density at radius 2 is 2.25 bits per heavy atom. The lowest BCUT2D eigenvalue weighted by Gasteiger charge is -2.04. The first kappa shape index (κ1) is 11.4. The topological polar surface area (TPSA) is 34.9 Å². The Labute approximate surface area is 106 Å². The van der Waals surface area contributed by atoms with Crippen molar-refractivity contribution in [3.05, 3.63) is 51.5 Å². The van der Waals surface area contributed by atoms with E-state index in [1.54, 1.807) is 42.2 Å². The number of aryl methyl sites for hydroxylation is 1. The van der Waals surface area contributed by atoms with Crippen molar-refractivity contribution < 1.29 is 4.79 Å². The minimum absolute atomic E-state index is 0.182. The second kappa shape index (κ2) is 4.39. The molecule has 0 amide bonds. The number of aromatic nitrogens is 2. The Kier molecular flexibility index (Phi) is 3.12. The Bertz CT molecular complexity index is 551. The summed E-state index contributed by atoms with van der Waals surface area (Å²) >= 11 is 9.29. The van der Waals surface area contributed by atoms with E-state index in [1.807, 2.05) is 0 Å². The van der Waals surface area contributed by atoms with Gasteiger partial charge in [-0.25, -0.2) is 4.98 Å². The van der Waals surface area contributed by atoms with Crippen LogP contribution in [0.15, 0.2) is 35.1 Å². The van der Waals surface area contributed by atoms with Gasteiger partial charge >= 0.3 is 0 Å². The monoisotopic (exact) mass is 298 g/mol. The molecule has 0 aliphatic heterocycles. The van der Waals surface area contributed by atoms with Crippen LogP contribution in [0, 0.1) is 0 Å². The van der Waals surface area contributed by atoms with Crippen LogP contribution in [-0.4, -0.2) is 15.3 Å². The Morgan fingerprint density at radius 1 is 1.50 bits per heavy atom. The van der Waals surface area contributed by atoms with Crippen LogP contribution in [0.5, 0.6) is 0 Å². The first-order valence-electron chi connectivity index (χ1n) is 4.56. The van der Waals surface area contributed by atoms with Gasteiger partial charge in [0, 0.05) is 29.5 Å². The first-order valence-corrected chi connectivity index (χ1v) is 5.74. The highest BCUT2D eigenvalue weighted by molar-refractivity contribution is 9.10. The van der Waals surface area contributed by atoms with Gasteiger partial charge in [0.05, 0.1) is 5.02 Å². The van der Waals surface area contributed by atoms with Crippen molar-refractivity contribution >= 4 is 33.3 Å². The summed E-state index contributed by atoms with van der Waals surface area (Å²) in [5.41, 5.74) is 0.449. The number of benzene rings is 1. The van der Waals surface area contributed by atoms with Crippen molar-refractivity contribution in [2.45, 2.75) is 0 Å². The SMILES string of the molecule is Cn1ccnc1C(=O)c1cc(Br)ccc1Cl. The lowest BCUT2D eigenvalue weighted by molar-refractivity contribution is 0.102. The van der Waals surface area contributed by atoms with Crippen LogP contribution in [0.25, 0.3) is 0 Å². The quantitative estimate of drug-likeness (QED) is 0.799. The summed E-state index contributed by atoms with van der Waals surface area (Å²) in [4.78, 5) is 16.1. The van der Waals surface area contributed by atoms with E-state index in [2.05, 4.69) is 20.9 Å². The summed E-state index contributed by atoms with van der Waals surface area (Å²) in [6, 6.07) is 5.17. The second-order valence-electron chi connectivity index (χ2n) is 3.32. The second-order valence-corrected chi connectivity index (χ2v) is 4.64. The average molecular weight is 300 g/mol. The lowest BCUT2D eigenvalue weighted by atomic mass is 10.1. The van der Waals surface area contributed by atoms with Crippen LogP contribution >= 0.6 is 27.5 Å². The molecule has 1 heterocycles. The number of carbonyl (C=O) groups excluding carboxylic acids is 1. The van der Waals surface area contributed by atoms with Crippen LogP contribution < -0.4 is 0 Å². The number of carbonyl (C=O) groups is 1. The highest BCUT2D eigenvalue weighted by atomic mass is 79.9. The van der Waals surface area contributed by atoms with Crippen molar-refractivity contribution in [3.63, 3.8) is 0 Å². The van der Waals surface area contributed by atoms with Gasteiger partial charge in [-0.3, -0.25) is 4.79 Å². The molecule has 0 saturated carbocycles. The molecule has 1 aromatic heterocycles. The fourth-order valence-electron chi connectivity index (χ4n) is 1.38. The van der Waals surface area contributed by atoms with E-state index in [4.69, 9.17) is 11.6 Å². The molecule has 1 aromatic carbocycles. The maximum Gasteiger partial charge on any atom is 0.229 e. The van der Waals surface area contributed by atoms with Crippen molar-refractivity contribution in [3.8, 4) is 0 Å². The molecular weight excluding hydrogens is 291 g/mol. The van der Waals surface area contributed by atoms with Gasteiger partial charge < -0.3 is 4.57 Å². The summed E-state index contributed by atoms with van der Waals surface area (Å²) in [7, 11) is 1.77. The predicted molar refractivity (Wildman–Crippen MR) is 65.8 cm³/mol. The fraction of sp³-hybridized carbons (Fsp3) is 0.0909. The molecule has 2 rings (SSSR count). The van der Waals surface area contributed by atoms with Crippen LogP contribution in [0.1, 0.15) is 16.2 Å². The number of hydrogen-bond acceptors (Lipinski definition) is 2. The number of rotatable bonds is 2. The molecule has 0 N–H and O–H groups in total. The molecule has 16 heavy (non-hydrogen) atoms. The van der Waals surface area contributed by atoms with Crippen molar-refractivity contribution in [2.75, 3.05) is 0 Å². The maximum absolute atomic E-state index is 12.1. The minimum Gasteiger partial charge on any atom is -0.331 e. The van der Waals surface area contributed by atoms with Gasteiger partial charge in [0.15, 0.2) is 5.82 Å². The van der Waals surface area contributed by atoms with Gasteiger partial charge in [-0.1, -0.05) is 27.5 Å². The Hall–Kier alpha value is -1.13. The summed E-state index contributed by atoms with van der Waals surface area (Å²) in [5.74, 6) is 0.193. The summed E-state index contributed by atoms with van der Waals surface area (Å²) in [5, 5.41) is 0.427. The molecular formula is C11H8BrClN2O. The van der Waals surface area contributed by atoms with Gasteiger partial charge in [-0.05, 0) is 18.2 Å². The van der Waals surface area contributed by atoms with Gasteiger partial charge in [-0.2, -0.15) is 0 Å². The molecule has 3 nitrogen and oxygen atoms in total. The Morgan fingerprint density at radius 3 is 2.88 bits per heavy atom. The molecule has 0 bridgehead atoms. The van der Waals surface area contributed by atoms with E-state index in [0.29, 0.717) is 16.4 Å². The lowest BCUT2D eigenvalue weighted by Crippen LogP contribution is -2.09. The van der Waals surface area contributed by atoms with Crippen molar-refractivity contribution in [1.82, 2.24) is 9.55 Å². The molecule has 0 radical (unpaired) electrons. The summed E-state index contributed by atoms with van der Waals surface area (Å²) < 4.78 is 2.48. The number of nitrogens with zero attached hydrogens (tertiary/aromatic N) is 2. The molecule has 82 valence electrons. The summed E-state index contributed by atoms with van der Waals surface area (Å²) in [6.45, 7) is 0.